The summed E-state index contributed by atoms with van der Waals surface area (Å²) in [5.41, 5.74) is 7.33. The minimum Gasteiger partial charge on any atom is -0.497 e. The van der Waals surface area contributed by atoms with Crippen molar-refractivity contribution in [1.29, 1.82) is 0 Å². The average molecular weight is 235 g/mol. The molecule has 3 nitrogen and oxygen atoms in total. The fourth-order valence-corrected chi connectivity index (χ4v) is 2.67. The van der Waals surface area contributed by atoms with Gasteiger partial charge in [0.1, 0.15) is 5.75 Å². The molecule has 0 aromatic heterocycles. The molecule has 1 aliphatic rings. The van der Waals surface area contributed by atoms with Gasteiger partial charge in [-0.05, 0) is 30.2 Å². The Balaban J connectivity index is 2.27. The van der Waals surface area contributed by atoms with Crippen molar-refractivity contribution in [2.45, 2.75) is 18.8 Å². The fourth-order valence-electron chi connectivity index (χ4n) is 2.67. The van der Waals surface area contributed by atoms with E-state index >= 15 is 0 Å². The minimum atomic E-state index is 0.121. The molecule has 1 aliphatic heterocycles. The lowest BCUT2D eigenvalue weighted by Crippen LogP contribution is -2.54. The predicted molar refractivity (Wildman–Crippen MR) is 68.3 cm³/mol. The molecule has 0 spiro atoms. The third-order valence-electron chi connectivity index (χ3n) is 3.94. The second kappa shape index (κ2) is 5.07. The SMILES string of the molecule is CCC(CN)C1(c2ccc(OC)cc2)COC1. The Morgan fingerprint density at radius 2 is 2.00 bits per heavy atom. The quantitative estimate of drug-likeness (QED) is 0.848. The van der Waals surface area contributed by atoms with Crippen LogP contribution >= 0.6 is 0 Å². The molecule has 0 aliphatic carbocycles. The average Bonchev–Trinajstić information content (AvgIpc) is 2.34. The molecule has 1 unspecified atom stereocenters. The number of methoxy groups -OCH3 is 1. The van der Waals surface area contributed by atoms with Gasteiger partial charge in [0.15, 0.2) is 0 Å². The molecule has 94 valence electrons. The summed E-state index contributed by atoms with van der Waals surface area (Å²) in [6, 6.07) is 8.30. The van der Waals surface area contributed by atoms with E-state index < -0.39 is 0 Å². The smallest absolute Gasteiger partial charge is 0.118 e. The number of ether oxygens (including phenoxy) is 2. The molecule has 1 fully saturated rings. The van der Waals surface area contributed by atoms with E-state index in [0.29, 0.717) is 12.5 Å². The Kier molecular flexibility index (Phi) is 3.69. The minimum absolute atomic E-state index is 0.121. The summed E-state index contributed by atoms with van der Waals surface area (Å²) < 4.78 is 10.6. The van der Waals surface area contributed by atoms with E-state index in [0.717, 1.165) is 25.4 Å². The maximum Gasteiger partial charge on any atom is 0.118 e. The lowest BCUT2D eigenvalue weighted by molar-refractivity contribution is -0.0898. The highest BCUT2D eigenvalue weighted by Gasteiger charge is 2.45. The Labute approximate surface area is 103 Å². The van der Waals surface area contributed by atoms with E-state index in [2.05, 4.69) is 19.1 Å². The van der Waals surface area contributed by atoms with Crippen molar-refractivity contribution in [3.8, 4) is 5.75 Å². The third-order valence-corrected chi connectivity index (χ3v) is 3.94. The summed E-state index contributed by atoms with van der Waals surface area (Å²) in [4.78, 5) is 0. The van der Waals surface area contributed by atoms with Gasteiger partial charge in [0.25, 0.3) is 0 Å². The first-order chi connectivity index (χ1) is 8.26. The van der Waals surface area contributed by atoms with E-state index in [1.165, 1.54) is 5.56 Å². The molecule has 3 heteroatoms. The standard InChI is InChI=1S/C14H21NO2/c1-3-11(8-15)14(9-17-10-14)12-4-6-13(16-2)7-5-12/h4-7,11H,3,8-10,15H2,1-2H3. The van der Waals surface area contributed by atoms with Gasteiger partial charge in [-0.3, -0.25) is 0 Å². The van der Waals surface area contributed by atoms with Gasteiger partial charge >= 0.3 is 0 Å². The van der Waals surface area contributed by atoms with Gasteiger partial charge in [0.2, 0.25) is 0 Å². The summed E-state index contributed by atoms with van der Waals surface area (Å²) in [7, 11) is 1.69. The van der Waals surface area contributed by atoms with Gasteiger partial charge in [-0.15, -0.1) is 0 Å². The monoisotopic (exact) mass is 235 g/mol. The summed E-state index contributed by atoms with van der Waals surface area (Å²) in [6.45, 7) is 4.48. The van der Waals surface area contributed by atoms with Crippen molar-refractivity contribution in [3.05, 3.63) is 29.8 Å². The van der Waals surface area contributed by atoms with Crippen LogP contribution in [0.15, 0.2) is 24.3 Å². The van der Waals surface area contributed by atoms with Crippen molar-refractivity contribution in [2.75, 3.05) is 26.9 Å². The lowest BCUT2D eigenvalue weighted by atomic mass is 9.67. The first-order valence-electron chi connectivity index (χ1n) is 6.19. The van der Waals surface area contributed by atoms with Crippen molar-refractivity contribution < 1.29 is 9.47 Å². The first kappa shape index (κ1) is 12.4. The molecule has 1 aromatic carbocycles. The van der Waals surface area contributed by atoms with E-state index in [1.807, 2.05) is 12.1 Å². The van der Waals surface area contributed by atoms with Crippen LogP contribution in [0.4, 0.5) is 0 Å². The van der Waals surface area contributed by atoms with Crippen molar-refractivity contribution in [1.82, 2.24) is 0 Å². The van der Waals surface area contributed by atoms with Crippen molar-refractivity contribution in [2.24, 2.45) is 11.7 Å². The molecule has 1 atom stereocenters. The number of hydrogen-bond acceptors (Lipinski definition) is 3. The molecule has 1 aromatic rings. The molecule has 0 saturated carbocycles. The summed E-state index contributed by atoms with van der Waals surface area (Å²) in [6.07, 6.45) is 1.09. The highest BCUT2D eigenvalue weighted by Crippen LogP contribution is 2.41. The molecule has 1 heterocycles. The van der Waals surface area contributed by atoms with Crippen LogP contribution in [0.5, 0.6) is 5.75 Å². The highest BCUT2D eigenvalue weighted by atomic mass is 16.5. The summed E-state index contributed by atoms with van der Waals surface area (Å²) in [5, 5.41) is 0. The zero-order valence-electron chi connectivity index (χ0n) is 10.6. The lowest BCUT2D eigenvalue weighted by Gasteiger charge is -2.47. The molecule has 0 radical (unpaired) electrons. The number of benzene rings is 1. The van der Waals surface area contributed by atoms with Crippen LogP contribution < -0.4 is 10.5 Å². The van der Waals surface area contributed by atoms with Crippen molar-refractivity contribution in [3.63, 3.8) is 0 Å². The predicted octanol–water partition coefficient (Wildman–Crippen LogP) is 1.95. The largest absolute Gasteiger partial charge is 0.497 e. The normalized spacial score (nSPS) is 19.5. The van der Waals surface area contributed by atoms with Crippen LogP contribution in [0.3, 0.4) is 0 Å². The number of hydrogen-bond donors (Lipinski definition) is 1. The second-order valence-corrected chi connectivity index (χ2v) is 4.72. The molecule has 2 rings (SSSR count). The van der Waals surface area contributed by atoms with Gasteiger partial charge in [-0.1, -0.05) is 25.5 Å². The zero-order chi connectivity index (χ0) is 12.3. The molecular weight excluding hydrogens is 214 g/mol. The highest BCUT2D eigenvalue weighted by molar-refractivity contribution is 5.35. The number of nitrogens with two attached hydrogens (primary N) is 1. The topological polar surface area (TPSA) is 44.5 Å². The van der Waals surface area contributed by atoms with E-state index in [1.54, 1.807) is 7.11 Å². The molecule has 0 amide bonds. The number of rotatable bonds is 5. The maximum absolute atomic E-state index is 5.89. The van der Waals surface area contributed by atoms with Crippen LogP contribution in [-0.4, -0.2) is 26.9 Å². The zero-order valence-corrected chi connectivity index (χ0v) is 10.6. The van der Waals surface area contributed by atoms with Crippen LogP contribution in [0, 0.1) is 5.92 Å². The molecule has 2 N–H and O–H groups in total. The molecule has 1 saturated heterocycles. The molecular formula is C14H21NO2. The van der Waals surface area contributed by atoms with Crippen LogP contribution in [0.25, 0.3) is 0 Å². The Morgan fingerprint density at radius 1 is 1.35 bits per heavy atom. The van der Waals surface area contributed by atoms with Crippen LogP contribution in [-0.2, 0) is 10.2 Å². The van der Waals surface area contributed by atoms with E-state index in [-0.39, 0.29) is 5.41 Å². The van der Waals surface area contributed by atoms with Gasteiger partial charge < -0.3 is 15.2 Å². The molecule has 17 heavy (non-hydrogen) atoms. The first-order valence-corrected chi connectivity index (χ1v) is 6.19. The summed E-state index contributed by atoms with van der Waals surface area (Å²) in [5.74, 6) is 1.38. The molecule has 0 bridgehead atoms. The van der Waals surface area contributed by atoms with Gasteiger partial charge in [-0.25, -0.2) is 0 Å². The van der Waals surface area contributed by atoms with Crippen LogP contribution in [0.1, 0.15) is 18.9 Å². The van der Waals surface area contributed by atoms with Crippen molar-refractivity contribution >= 4 is 0 Å². The second-order valence-electron chi connectivity index (χ2n) is 4.72. The Morgan fingerprint density at radius 3 is 2.35 bits per heavy atom. The van der Waals surface area contributed by atoms with E-state index in [9.17, 15) is 0 Å². The Bertz CT molecular complexity index is 353. The third kappa shape index (κ3) is 2.05. The van der Waals surface area contributed by atoms with Gasteiger partial charge in [0, 0.05) is 5.41 Å². The summed E-state index contributed by atoms with van der Waals surface area (Å²) >= 11 is 0. The fraction of sp³-hybridized carbons (Fsp3) is 0.571. The maximum atomic E-state index is 5.89. The van der Waals surface area contributed by atoms with E-state index in [4.69, 9.17) is 15.2 Å². The Hall–Kier alpha value is -1.06. The van der Waals surface area contributed by atoms with Gasteiger partial charge in [-0.2, -0.15) is 0 Å². The van der Waals surface area contributed by atoms with Crippen LogP contribution in [0.2, 0.25) is 0 Å². The van der Waals surface area contributed by atoms with Gasteiger partial charge in [0.05, 0.1) is 20.3 Å².